The summed E-state index contributed by atoms with van der Waals surface area (Å²) in [5.74, 6) is 1.11. The van der Waals surface area contributed by atoms with Crippen molar-refractivity contribution in [3.63, 3.8) is 0 Å². The van der Waals surface area contributed by atoms with Crippen molar-refractivity contribution < 1.29 is 11.2 Å². The molecule has 4 heterocycles. The molecule has 2 aromatic heterocycles. The van der Waals surface area contributed by atoms with Gasteiger partial charge in [0.05, 0.1) is 17.7 Å². The first kappa shape index (κ1) is 11.3. The Labute approximate surface area is 119 Å². The lowest BCUT2D eigenvalue weighted by Gasteiger charge is -2.27. The van der Waals surface area contributed by atoms with Crippen molar-refractivity contribution in [2.24, 2.45) is 0 Å². The van der Waals surface area contributed by atoms with E-state index in [0.29, 0.717) is 17.2 Å². The SMILES string of the molecule is [2H]C[C@@]12CS[C@@H]([C@H](n3cnc4c(=O)[nH]c(C)nc43)O1)[C@@H]2O. The Bertz CT molecular complexity index is 777. The fourth-order valence-electron chi connectivity index (χ4n) is 2.80. The van der Waals surface area contributed by atoms with E-state index in [1.807, 2.05) is 0 Å². The standard InChI is InChI=1S/C12H14N4O3S/c1-5-14-9-6(10(18)15-5)13-4-16(9)11-7-8(17)12(2,19-11)3-20-7/h4,7-8,11,17H,3H2,1-2H3,(H,14,15,18)/t7-,8+,11-,12+/m1/s1/i2D. The summed E-state index contributed by atoms with van der Waals surface area (Å²) in [6, 6.07) is 0. The highest BCUT2D eigenvalue weighted by Gasteiger charge is 2.58. The average molecular weight is 295 g/mol. The van der Waals surface area contributed by atoms with Gasteiger partial charge in [0.25, 0.3) is 5.56 Å². The fraction of sp³-hybridized carbons (Fsp3) is 0.583. The number of hydrogen-bond acceptors (Lipinski definition) is 6. The molecule has 4 atom stereocenters. The molecule has 2 bridgehead atoms. The van der Waals surface area contributed by atoms with Crippen molar-refractivity contribution in [1.82, 2.24) is 19.5 Å². The first-order valence-corrected chi connectivity index (χ1v) is 7.31. The average Bonchev–Trinajstić information content (AvgIpc) is 3.09. The van der Waals surface area contributed by atoms with Crippen molar-refractivity contribution in [3.05, 3.63) is 22.5 Å². The number of nitrogens with zero attached hydrogens (tertiary/aromatic N) is 3. The predicted octanol–water partition coefficient (Wildman–Crippen LogP) is 0.192. The van der Waals surface area contributed by atoms with E-state index in [1.54, 1.807) is 23.3 Å². The smallest absolute Gasteiger partial charge is 0.279 e. The van der Waals surface area contributed by atoms with E-state index in [9.17, 15) is 9.90 Å². The van der Waals surface area contributed by atoms with Gasteiger partial charge in [-0.1, -0.05) is 0 Å². The van der Waals surface area contributed by atoms with Crippen molar-refractivity contribution in [3.8, 4) is 0 Å². The number of fused-ring (bicyclic) bond motifs is 3. The number of nitrogens with one attached hydrogen (secondary N) is 1. The van der Waals surface area contributed by atoms with E-state index in [1.165, 1.54) is 6.33 Å². The van der Waals surface area contributed by atoms with Crippen LogP contribution in [0.3, 0.4) is 0 Å². The Morgan fingerprint density at radius 1 is 1.75 bits per heavy atom. The molecule has 8 heteroatoms. The fourth-order valence-corrected chi connectivity index (χ4v) is 4.29. The van der Waals surface area contributed by atoms with E-state index in [-0.39, 0.29) is 23.2 Å². The molecule has 4 rings (SSSR count). The van der Waals surface area contributed by atoms with Gasteiger partial charge in [-0.25, -0.2) is 9.97 Å². The van der Waals surface area contributed by atoms with Crippen molar-refractivity contribution in [1.29, 1.82) is 0 Å². The first-order valence-electron chi connectivity index (χ1n) is 6.97. The Hall–Kier alpha value is -1.38. The number of rotatable bonds is 1. The van der Waals surface area contributed by atoms with Crippen LogP contribution < -0.4 is 5.56 Å². The van der Waals surface area contributed by atoms with Crippen LogP contribution in [0, 0.1) is 6.92 Å². The van der Waals surface area contributed by atoms with Crippen LogP contribution in [-0.4, -0.2) is 47.3 Å². The number of H-pyrrole nitrogens is 1. The molecule has 2 saturated heterocycles. The number of aliphatic hydroxyl groups excluding tert-OH is 1. The molecule has 0 aromatic carbocycles. The van der Waals surface area contributed by atoms with Gasteiger partial charge in [-0.2, -0.15) is 0 Å². The van der Waals surface area contributed by atoms with E-state index >= 15 is 0 Å². The normalized spacial score (nSPS) is 36.7. The molecule has 0 unspecified atom stereocenters. The minimum atomic E-state index is -0.827. The van der Waals surface area contributed by atoms with Crippen LogP contribution in [0.4, 0.5) is 0 Å². The lowest BCUT2D eigenvalue weighted by molar-refractivity contribution is -0.0751. The third kappa shape index (κ3) is 1.46. The number of aromatic nitrogens is 4. The van der Waals surface area contributed by atoms with Gasteiger partial charge in [0.2, 0.25) is 0 Å². The quantitative estimate of drug-likeness (QED) is 0.780. The second-order valence-electron chi connectivity index (χ2n) is 5.27. The highest BCUT2D eigenvalue weighted by molar-refractivity contribution is 8.00. The van der Waals surface area contributed by atoms with Gasteiger partial charge in [0.1, 0.15) is 11.4 Å². The molecule has 0 spiro atoms. The van der Waals surface area contributed by atoms with Crippen LogP contribution in [0.2, 0.25) is 0 Å². The molecule has 0 aliphatic carbocycles. The van der Waals surface area contributed by atoms with Gasteiger partial charge in [0, 0.05) is 7.12 Å². The van der Waals surface area contributed by atoms with E-state index in [4.69, 9.17) is 6.11 Å². The highest BCUT2D eigenvalue weighted by Crippen LogP contribution is 2.51. The van der Waals surface area contributed by atoms with Crippen LogP contribution in [-0.2, 0) is 4.74 Å². The Kier molecular flexibility index (Phi) is 2.17. The van der Waals surface area contributed by atoms with Gasteiger partial charge >= 0.3 is 0 Å². The molecular weight excluding hydrogens is 280 g/mol. The predicted molar refractivity (Wildman–Crippen MR) is 73.7 cm³/mol. The molecule has 2 N–H and O–H groups in total. The maximum atomic E-state index is 11.9. The van der Waals surface area contributed by atoms with E-state index in [0.717, 1.165) is 0 Å². The Balaban J connectivity index is 1.84. The van der Waals surface area contributed by atoms with Gasteiger partial charge in [-0.05, 0) is 13.8 Å². The molecule has 2 aliphatic rings. The van der Waals surface area contributed by atoms with E-state index in [2.05, 4.69) is 15.0 Å². The third-order valence-electron chi connectivity index (χ3n) is 3.83. The molecular formula is C12H14N4O3S. The summed E-state index contributed by atoms with van der Waals surface area (Å²) in [5.41, 5.74) is -0.414. The number of aryl methyl sites for hydroxylation is 1. The molecule has 0 radical (unpaired) electrons. The van der Waals surface area contributed by atoms with Crippen LogP contribution in [0.15, 0.2) is 11.1 Å². The van der Waals surface area contributed by atoms with Crippen molar-refractivity contribution >= 4 is 22.9 Å². The summed E-state index contributed by atoms with van der Waals surface area (Å²) in [7, 11) is 0. The zero-order valence-corrected chi connectivity index (χ0v) is 11.6. The summed E-state index contributed by atoms with van der Waals surface area (Å²) in [6.45, 7) is 1.71. The zero-order valence-electron chi connectivity index (χ0n) is 11.7. The molecule has 2 aromatic rings. The van der Waals surface area contributed by atoms with Gasteiger partial charge in [-0.3, -0.25) is 9.36 Å². The van der Waals surface area contributed by atoms with Crippen LogP contribution >= 0.6 is 11.8 Å². The van der Waals surface area contributed by atoms with Crippen LogP contribution in [0.1, 0.15) is 20.3 Å². The number of ether oxygens (including phenoxy) is 1. The maximum absolute atomic E-state index is 11.9. The number of hydrogen-bond donors (Lipinski definition) is 2. The third-order valence-corrected chi connectivity index (χ3v) is 5.36. The second-order valence-corrected chi connectivity index (χ2v) is 6.44. The lowest BCUT2D eigenvalue weighted by Crippen LogP contribution is -2.35. The van der Waals surface area contributed by atoms with Gasteiger partial charge in [0.15, 0.2) is 17.4 Å². The van der Waals surface area contributed by atoms with Crippen LogP contribution in [0.5, 0.6) is 0 Å². The topological polar surface area (TPSA) is 93.0 Å². The van der Waals surface area contributed by atoms with Crippen LogP contribution in [0.25, 0.3) is 11.2 Å². The summed E-state index contributed by atoms with van der Waals surface area (Å²) in [5, 5.41) is 10.2. The van der Waals surface area contributed by atoms with Crippen molar-refractivity contribution in [2.45, 2.75) is 37.0 Å². The second kappa shape index (κ2) is 3.84. The number of imidazole rings is 1. The number of thioether (sulfide) groups is 1. The summed E-state index contributed by atoms with van der Waals surface area (Å²) < 4.78 is 15.3. The molecule has 0 amide bonds. The maximum Gasteiger partial charge on any atom is 0.279 e. The minimum absolute atomic E-state index is 0.00777. The molecule has 7 nitrogen and oxygen atoms in total. The molecule has 20 heavy (non-hydrogen) atoms. The summed E-state index contributed by atoms with van der Waals surface area (Å²) in [4.78, 5) is 22.9. The van der Waals surface area contributed by atoms with Gasteiger partial charge < -0.3 is 14.8 Å². The van der Waals surface area contributed by atoms with Crippen molar-refractivity contribution in [2.75, 3.05) is 5.75 Å². The Morgan fingerprint density at radius 2 is 2.60 bits per heavy atom. The molecule has 0 saturated carbocycles. The molecule has 2 fully saturated rings. The molecule has 106 valence electrons. The number of aromatic amines is 1. The highest BCUT2D eigenvalue weighted by atomic mass is 32.2. The number of aliphatic hydroxyl groups is 1. The monoisotopic (exact) mass is 295 g/mol. The first-order chi connectivity index (χ1) is 10.1. The summed E-state index contributed by atoms with van der Waals surface area (Å²) in [6.07, 6.45) is 0.371. The minimum Gasteiger partial charge on any atom is -0.389 e. The zero-order chi connectivity index (χ0) is 14.8. The lowest BCUT2D eigenvalue weighted by atomic mass is 10.0. The molecule has 2 aliphatic heterocycles. The summed E-state index contributed by atoms with van der Waals surface area (Å²) >= 11 is 1.59. The van der Waals surface area contributed by atoms with E-state index < -0.39 is 17.9 Å². The largest absolute Gasteiger partial charge is 0.389 e. The Morgan fingerprint density at radius 3 is 3.35 bits per heavy atom. The van der Waals surface area contributed by atoms with Gasteiger partial charge in [-0.15, -0.1) is 11.8 Å².